The molecule has 4 aromatic rings. The van der Waals surface area contributed by atoms with Crippen molar-refractivity contribution in [2.75, 3.05) is 24.1 Å². The summed E-state index contributed by atoms with van der Waals surface area (Å²) in [6.45, 7) is 3.58. The van der Waals surface area contributed by atoms with Crippen molar-refractivity contribution >= 4 is 34.3 Å². The summed E-state index contributed by atoms with van der Waals surface area (Å²) in [4.78, 5) is 27.5. The summed E-state index contributed by atoms with van der Waals surface area (Å²) >= 11 is 0. The molecule has 0 unspecified atom stereocenters. The molecule has 5 rings (SSSR count). The van der Waals surface area contributed by atoms with E-state index in [-0.39, 0.29) is 17.6 Å². The molecule has 0 saturated carbocycles. The molecule has 33 heavy (non-hydrogen) atoms. The minimum absolute atomic E-state index is 0.0273. The first-order valence-electron chi connectivity index (χ1n) is 11.0. The largest absolute Gasteiger partial charge is 0.380 e. The molecule has 3 heterocycles. The zero-order chi connectivity index (χ0) is 22.9. The van der Waals surface area contributed by atoms with Crippen LogP contribution in [-0.4, -0.2) is 44.7 Å². The number of nitrogens with two attached hydrogens (primary N) is 1. The van der Waals surface area contributed by atoms with E-state index in [9.17, 15) is 9.59 Å². The van der Waals surface area contributed by atoms with Crippen LogP contribution >= 0.6 is 0 Å². The van der Waals surface area contributed by atoms with E-state index in [0.29, 0.717) is 40.0 Å². The van der Waals surface area contributed by atoms with Crippen LogP contribution in [0.15, 0.2) is 53.1 Å². The Morgan fingerprint density at radius 2 is 1.85 bits per heavy atom. The minimum atomic E-state index is -0.306. The van der Waals surface area contributed by atoms with Gasteiger partial charge in [-0.2, -0.15) is 5.10 Å². The van der Waals surface area contributed by atoms with Gasteiger partial charge in [-0.05, 0) is 67.8 Å². The maximum atomic E-state index is 13.1. The first-order chi connectivity index (χ1) is 16.0. The number of fused-ring (bicyclic) bond motifs is 1. The Balaban J connectivity index is 1.40. The number of nitrogens with one attached hydrogen (secondary N) is 1. The number of aryl methyl sites for hydroxylation is 1. The van der Waals surface area contributed by atoms with Crippen LogP contribution in [0.4, 0.5) is 11.5 Å². The highest BCUT2D eigenvalue weighted by Crippen LogP contribution is 2.25. The van der Waals surface area contributed by atoms with E-state index >= 15 is 0 Å². The third-order valence-electron chi connectivity index (χ3n) is 5.86. The van der Waals surface area contributed by atoms with Gasteiger partial charge in [0.15, 0.2) is 11.4 Å². The van der Waals surface area contributed by atoms with Gasteiger partial charge in [0.25, 0.3) is 11.8 Å². The molecule has 2 aromatic carbocycles. The van der Waals surface area contributed by atoms with Crippen LogP contribution in [0.2, 0.25) is 0 Å². The third kappa shape index (κ3) is 3.93. The Labute approximate surface area is 190 Å². The number of amides is 2. The molecule has 0 aliphatic carbocycles. The summed E-state index contributed by atoms with van der Waals surface area (Å²) in [6, 6.07) is 14.1. The fraction of sp³-hybridized carbons (Fsp3) is 0.250. The van der Waals surface area contributed by atoms with Crippen molar-refractivity contribution in [2.24, 2.45) is 0 Å². The van der Waals surface area contributed by atoms with Gasteiger partial charge in [-0.3, -0.25) is 9.59 Å². The molecular formula is C24H24N6O3. The Morgan fingerprint density at radius 1 is 1.09 bits per heavy atom. The molecule has 0 bridgehead atoms. The van der Waals surface area contributed by atoms with Crippen molar-refractivity contribution in [1.82, 2.24) is 19.8 Å². The first-order valence-corrected chi connectivity index (χ1v) is 11.0. The Bertz CT molecular complexity index is 1330. The number of likely N-dealkylation sites (tertiary alicyclic amines) is 1. The van der Waals surface area contributed by atoms with Gasteiger partial charge in [-0.15, -0.1) is 0 Å². The summed E-state index contributed by atoms with van der Waals surface area (Å²) in [5.41, 5.74) is 9.51. The number of benzene rings is 2. The van der Waals surface area contributed by atoms with Crippen LogP contribution in [-0.2, 0) is 6.42 Å². The minimum Gasteiger partial charge on any atom is -0.380 e. The van der Waals surface area contributed by atoms with Gasteiger partial charge in [0, 0.05) is 24.3 Å². The third-order valence-corrected chi connectivity index (χ3v) is 5.86. The summed E-state index contributed by atoms with van der Waals surface area (Å²) in [5.74, 6) is 0.00272. The van der Waals surface area contributed by atoms with Crippen LogP contribution in [0.1, 0.15) is 46.3 Å². The first kappa shape index (κ1) is 20.7. The van der Waals surface area contributed by atoms with Gasteiger partial charge in [-0.1, -0.05) is 12.1 Å². The molecule has 2 amide bonds. The summed E-state index contributed by atoms with van der Waals surface area (Å²) in [5, 5.41) is 11.9. The molecule has 2 aromatic heterocycles. The van der Waals surface area contributed by atoms with Gasteiger partial charge in [0.1, 0.15) is 5.69 Å². The highest BCUT2D eigenvalue weighted by atomic mass is 16.5. The van der Waals surface area contributed by atoms with Crippen molar-refractivity contribution in [3.8, 4) is 5.69 Å². The quantitative estimate of drug-likeness (QED) is 0.485. The number of carbonyl (C=O) groups is 2. The smallest absolute Gasteiger partial charge is 0.274 e. The van der Waals surface area contributed by atoms with Gasteiger partial charge in [-0.25, -0.2) is 4.68 Å². The number of nitrogens with zero attached hydrogens (tertiary/aromatic N) is 4. The van der Waals surface area contributed by atoms with Crippen molar-refractivity contribution in [2.45, 2.75) is 26.2 Å². The topological polar surface area (TPSA) is 119 Å². The van der Waals surface area contributed by atoms with E-state index in [2.05, 4.69) is 15.6 Å². The molecule has 3 N–H and O–H groups in total. The van der Waals surface area contributed by atoms with Crippen molar-refractivity contribution in [3.05, 3.63) is 65.5 Å². The van der Waals surface area contributed by atoms with Crippen LogP contribution in [0.3, 0.4) is 0 Å². The lowest BCUT2D eigenvalue weighted by Crippen LogP contribution is -2.27. The average molecular weight is 444 g/mol. The number of aromatic nitrogens is 3. The van der Waals surface area contributed by atoms with E-state index in [1.165, 1.54) is 0 Å². The number of nitrogen functional groups attached to an aromatic ring is 1. The second-order valence-electron chi connectivity index (χ2n) is 8.07. The Hall–Kier alpha value is -4.14. The van der Waals surface area contributed by atoms with E-state index in [0.717, 1.165) is 31.6 Å². The lowest BCUT2D eigenvalue weighted by molar-refractivity contribution is 0.0792. The SMILES string of the molecule is CCc1cc(C(=O)Nc2ccc(C(=O)N3CCCC3)cc2)n(-c2ccc3onc(N)c3c2)n1. The molecule has 168 valence electrons. The molecule has 0 atom stereocenters. The Kier molecular flexibility index (Phi) is 5.29. The number of hydrogen-bond acceptors (Lipinski definition) is 6. The maximum absolute atomic E-state index is 13.1. The van der Waals surface area contributed by atoms with Gasteiger partial charge < -0.3 is 20.5 Å². The zero-order valence-corrected chi connectivity index (χ0v) is 18.2. The van der Waals surface area contributed by atoms with Crippen molar-refractivity contribution < 1.29 is 14.1 Å². The van der Waals surface area contributed by atoms with Gasteiger partial charge >= 0.3 is 0 Å². The van der Waals surface area contributed by atoms with Gasteiger partial charge in [0.2, 0.25) is 0 Å². The monoisotopic (exact) mass is 444 g/mol. The molecule has 1 aliphatic heterocycles. The normalized spacial score (nSPS) is 13.5. The van der Waals surface area contributed by atoms with Crippen molar-refractivity contribution in [1.29, 1.82) is 0 Å². The van der Waals surface area contributed by atoms with Crippen LogP contribution in [0, 0.1) is 0 Å². The number of hydrogen-bond donors (Lipinski definition) is 2. The van der Waals surface area contributed by atoms with E-state index < -0.39 is 0 Å². The van der Waals surface area contributed by atoms with Crippen molar-refractivity contribution in [3.63, 3.8) is 0 Å². The fourth-order valence-electron chi connectivity index (χ4n) is 4.03. The highest BCUT2D eigenvalue weighted by Gasteiger charge is 2.20. The van der Waals surface area contributed by atoms with Gasteiger partial charge in [0.05, 0.1) is 16.8 Å². The molecule has 1 fully saturated rings. The molecule has 1 aliphatic rings. The molecule has 0 radical (unpaired) electrons. The Morgan fingerprint density at radius 3 is 2.58 bits per heavy atom. The lowest BCUT2D eigenvalue weighted by Gasteiger charge is -2.15. The zero-order valence-electron chi connectivity index (χ0n) is 18.2. The molecular weight excluding hydrogens is 420 g/mol. The summed E-state index contributed by atoms with van der Waals surface area (Å²) in [7, 11) is 0. The van der Waals surface area contributed by atoms with E-state index in [4.69, 9.17) is 10.3 Å². The number of carbonyl (C=O) groups excluding carboxylic acids is 2. The maximum Gasteiger partial charge on any atom is 0.274 e. The molecule has 1 saturated heterocycles. The highest BCUT2D eigenvalue weighted by molar-refractivity contribution is 6.04. The predicted octanol–water partition coefficient (Wildman–Crippen LogP) is 3.65. The average Bonchev–Trinajstić information content (AvgIpc) is 3.59. The molecule has 9 nitrogen and oxygen atoms in total. The van der Waals surface area contributed by atoms with E-state index in [1.807, 2.05) is 11.8 Å². The molecule has 9 heteroatoms. The second kappa shape index (κ2) is 8.42. The van der Waals surface area contributed by atoms with Crippen LogP contribution < -0.4 is 11.1 Å². The molecule has 0 spiro atoms. The predicted molar refractivity (Wildman–Crippen MR) is 124 cm³/mol. The second-order valence-corrected chi connectivity index (χ2v) is 8.07. The van der Waals surface area contributed by atoms with E-state index in [1.54, 1.807) is 53.2 Å². The lowest BCUT2D eigenvalue weighted by atomic mass is 10.1. The summed E-state index contributed by atoms with van der Waals surface area (Å²) < 4.78 is 6.76. The fourth-order valence-corrected chi connectivity index (χ4v) is 4.03. The standard InChI is InChI=1S/C24H24N6O3/c1-2-16-13-20(30(27-16)18-9-10-21-19(14-18)22(25)28-33-21)23(31)26-17-7-5-15(6-8-17)24(32)29-11-3-4-12-29/h5-10,13-14H,2-4,11-12H2,1H3,(H2,25,28)(H,26,31). The number of anilines is 2. The summed E-state index contributed by atoms with van der Waals surface area (Å²) in [6.07, 6.45) is 2.77. The van der Waals surface area contributed by atoms with Crippen LogP contribution in [0.25, 0.3) is 16.7 Å². The number of rotatable bonds is 5. The van der Waals surface area contributed by atoms with Crippen LogP contribution in [0.5, 0.6) is 0 Å².